The van der Waals surface area contributed by atoms with Crippen molar-refractivity contribution in [3.63, 3.8) is 0 Å². The van der Waals surface area contributed by atoms with Crippen LogP contribution in [-0.2, 0) is 6.18 Å². The standard InChI is InChI=1S/C21H25F3N6O/c1-12(2)15-8-18(21(22,23)24)30-19(26-15)9-16(27-30)17-6-5-7-28(17)20(31)14-10-25-29(11-14)13(3)4/h8-13,17H,5-7H2,1-4H3. The molecule has 0 radical (unpaired) electrons. The van der Waals surface area contributed by atoms with Crippen molar-refractivity contribution in [2.24, 2.45) is 0 Å². The molecule has 0 N–H and O–H groups in total. The molecule has 3 aromatic heterocycles. The SMILES string of the molecule is CC(C)c1cc(C(F)(F)F)n2nc(C3CCCN3C(=O)c3cnn(C(C)C)c3)cc2n1. The zero-order valence-electron chi connectivity index (χ0n) is 17.9. The third-order valence-corrected chi connectivity index (χ3v) is 5.58. The van der Waals surface area contributed by atoms with Crippen molar-refractivity contribution in [1.82, 2.24) is 29.3 Å². The highest BCUT2D eigenvalue weighted by atomic mass is 19.4. The molecule has 166 valence electrons. The Morgan fingerprint density at radius 1 is 1.19 bits per heavy atom. The molecule has 0 aromatic carbocycles. The van der Waals surface area contributed by atoms with Gasteiger partial charge in [0.15, 0.2) is 5.65 Å². The van der Waals surface area contributed by atoms with Gasteiger partial charge in [0.25, 0.3) is 5.91 Å². The molecule has 1 aliphatic rings. The molecular formula is C21H25F3N6O. The number of carbonyl (C=O) groups excluding carboxylic acids is 1. The highest BCUT2D eigenvalue weighted by molar-refractivity contribution is 5.94. The molecule has 7 nitrogen and oxygen atoms in total. The van der Waals surface area contributed by atoms with Crippen LogP contribution in [0.2, 0.25) is 0 Å². The summed E-state index contributed by atoms with van der Waals surface area (Å²) in [7, 11) is 0. The molecule has 1 saturated heterocycles. The van der Waals surface area contributed by atoms with E-state index in [1.807, 2.05) is 13.8 Å². The van der Waals surface area contributed by atoms with Gasteiger partial charge in [0, 0.05) is 30.5 Å². The number of amides is 1. The lowest BCUT2D eigenvalue weighted by Crippen LogP contribution is -2.30. The van der Waals surface area contributed by atoms with E-state index in [-0.39, 0.29) is 23.5 Å². The number of hydrogen-bond donors (Lipinski definition) is 0. The van der Waals surface area contributed by atoms with Crippen molar-refractivity contribution >= 4 is 11.6 Å². The largest absolute Gasteiger partial charge is 0.433 e. The average molecular weight is 434 g/mol. The second-order valence-electron chi connectivity index (χ2n) is 8.52. The van der Waals surface area contributed by atoms with Gasteiger partial charge in [-0.2, -0.15) is 23.4 Å². The van der Waals surface area contributed by atoms with Gasteiger partial charge in [-0.05, 0) is 38.7 Å². The first-order valence-electron chi connectivity index (χ1n) is 10.4. The van der Waals surface area contributed by atoms with Gasteiger partial charge in [-0.15, -0.1) is 0 Å². The van der Waals surface area contributed by atoms with Gasteiger partial charge in [-0.1, -0.05) is 13.8 Å². The van der Waals surface area contributed by atoms with Gasteiger partial charge in [-0.25, -0.2) is 9.50 Å². The molecule has 0 bridgehead atoms. The number of alkyl halides is 3. The Hall–Kier alpha value is -2.91. The maximum atomic E-state index is 13.7. The molecule has 4 heterocycles. The van der Waals surface area contributed by atoms with E-state index in [2.05, 4.69) is 15.2 Å². The quantitative estimate of drug-likeness (QED) is 0.601. The highest BCUT2D eigenvalue weighted by Crippen LogP contribution is 2.35. The molecule has 3 aromatic rings. The van der Waals surface area contributed by atoms with Crippen LogP contribution in [0.4, 0.5) is 13.2 Å². The van der Waals surface area contributed by atoms with E-state index in [9.17, 15) is 18.0 Å². The zero-order valence-corrected chi connectivity index (χ0v) is 17.9. The van der Waals surface area contributed by atoms with E-state index in [0.717, 1.165) is 17.0 Å². The minimum absolute atomic E-state index is 0.122. The van der Waals surface area contributed by atoms with Crippen molar-refractivity contribution in [2.45, 2.75) is 64.7 Å². The number of carbonyl (C=O) groups is 1. The molecule has 31 heavy (non-hydrogen) atoms. The van der Waals surface area contributed by atoms with E-state index < -0.39 is 17.9 Å². The normalized spacial score (nSPS) is 17.5. The van der Waals surface area contributed by atoms with Crippen molar-refractivity contribution in [3.8, 4) is 0 Å². The molecule has 0 saturated carbocycles. The summed E-state index contributed by atoms with van der Waals surface area (Å²) < 4.78 is 43.6. The smallest absolute Gasteiger partial charge is 0.330 e. The Morgan fingerprint density at radius 2 is 1.94 bits per heavy atom. The number of nitrogens with zero attached hydrogens (tertiary/aromatic N) is 6. The first-order chi connectivity index (χ1) is 14.6. The van der Waals surface area contributed by atoms with Crippen LogP contribution in [0.1, 0.15) is 86.0 Å². The summed E-state index contributed by atoms with van der Waals surface area (Å²) in [6, 6.07) is 2.33. The fourth-order valence-corrected chi connectivity index (χ4v) is 3.89. The Balaban J connectivity index is 1.72. The summed E-state index contributed by atoms with van der Waals surface area (Å²) in [5, 5.41) is 8.46. The molecule has 1 atom stereocenters. The molecule has 1 amide bonds. The van der Waals surface area contributed by atoms with Crippen LogP contribution in [-0.4, -0.2) is 41.7 Å². The molecule has 1 fully saturated rings. The van der Waals surface area contributed by atoms with Crippen LogP contribution in [0.25, 0.3) is 5.65 Å². The zero-order chi connectivity index (χ0) is 22.5. The molecule has 4 rings (SSSR count). The van der Waals surface area contributed by atoms with Crippen LogP contribution in [0.3, 0.4) is 0 Å². The fraction of sp³-hybridized carbons (Fsp3) is 0.524. The molecule has 1 unspecified atom stereocenters. The number of halogens is 3. The third kappa shape index (κ3) is 3.90. The first-order valence-corrected chi connectivity index (χ1v) is 10.4. The van der Waals surface area contributed by atoms with Gasteiger partial charge in [0.05, 0.1) is 23.5 Å². The van der Waals surface area contributed by atoms with Crippen LogP contribution < -0.4 is 0 Å². The van der Waals surface area contributed by atoms with E-state index >= 15 is 0 Å². The van der Waals surface area contributed by atoms with Gasteiger partial charge in [0.1, 0.15) is 5.69 Å². The minimum Gasteiger partial charge on any atom is -0.330 e. The second-order valence-corrected chi connectivity index (χ2v) is 8.52. The summed E-state index contributed by atoms with van der Waals surface area (Å²) in [6.07, 6.45) is 0.0420. The predicted octanol–water partition coefficient (Wildman–Crippen LogP) is 4.63. The first kappa shape index (κ1) is 21.3. The van der Waals surface area contributed by atoms with Crippen LogP contribution in [0, 0.1) is 0 Å². The topological polar surface area (TPSA) is 68.3 Å². The lowest BCUT2D eigenvalue weighted by atomic mass is 10.1. The summed E-state index contributed by atoms with van der Waals surface area (Å²) >= 11 is 0. The van der Waals surface area contributed by atoms with E-state index in [4.69, 9.17) is 0 Å². The van der Waals surface area contributed by atoms with Crippen LogP contribution >= 0.6 is 0 Å². The monoisotopic (exact) mass is 434 g/mol. The average Bonchev–Trinajstić information content (AvgIpc) is 3.43. The summed E-state index contributed by atoms with van der Waals surface area (Å²) in [5.41, 5.74) is 0.510. The second kappa shape index (κ2) is 7.65. The third-order valence-electron chi connectivity index (χ3n) is 5.58. The van der Waals surface area contributed by atoms with Crippen molar-refractivity contribution < 1.29 is 18.0 Å². The molecular weight excluding hydrogens is 409 g/mol. The summed E-state index contributed by atoms with van der Waals surface area (Å²) in [6.45, 7) is 8.04. The lowest BCUT2D eigenvalue weighted by Gasteiger charge is -2.22. The summed E-state index contributed by atoms with van der Waals surface area (Å²) in [5.74, 6) is -0.357. The van der Waals surface area contributed by atoms with Crippen molar-refractivity contribution in [1.29, 1.82) is 0 Å². The van der Waals surface area contributed by atoms with E-state index in [1.54, 1.807) is 35.7 Å². The maximum absolute atomic E-state index is 13.7. The predicted molar refractivity (Wildman–Crippen MR) is 108 cm³/mol. The van der Waals surface area contributed by atoms with E-state index in [0.29, 0.717) is 29.9 Å². The van der Waals surface area contributed by atoms with Crippen LogP contribution in [0.5, 0.6) is 0 Å². The van der Waals surface area contributed by atoms with Crippen molar-refractivity contribution in [2.75, 3.05) is 6.54 Å². The van der Waals surface area contributed by atoms with E-state index in [1.165, 1.54) is 6.20 Å². The number of rotatable bonds is 4. The number of likely N-dealkylation sites (tertiary alicyclic amines) is 1. The Morgan fingerprint density at radius 3 is 2.55 bits per heavy atom. The van der Waals surface area contributed by atoms with Gasteiger partial charge in [-0.3, -0.25) is 9.48 Å². The molecule has 10 heteroatoms. The molecule has 0 spiro atoms. The summed E-state index contributed by atoms with van der Waals surface area (Å²) in [4.78, 5) is 19.1. The minimum atomic E-state index is -4.56. The van der Waals surface area contributed by atoms with Crippen LogP contribution in [0.15, 0.2) is 24.5 Å². The highest BCUT2D eigenvalue weighted by Gasteiger charge is 2.37. The van der Waals surface area contributed by atoms with Crippen molar-refractivity contribution in [3.05, 3.63) is 47.2 Å². The van der Waals surface area contributed by atoms with Gasteiger partial charge < -0.3 is 4.90 Å². The Bertz CT molecular complexity index is 1110. The number of fused-ring (bicyclic) bond motifs is 1. The van der Waals surface area contributed by atoms with Gasteiger partial charge >= 0.3 is 6.18 Å². The molecule has 1 aliphatic heterocycles. The fourth-order valence-electron chi connectivity index (χ4n) is 3.89. The Labute approximate surface area is 177 Å². The number of hydrogen-bond acceptors (Lipinski definition) is 4. The maximum Gasteiger partial charge on any atom is 0.433 e. The Kier molecular flexibility index (Phi) is 5.26. The van der Waals surface area contributed by atoms with Gasteiger partial charge in [0.2, 0.25) is 0 Å². The molecule has 0 aliphatic carbocycles. The lowest BCUT2D eigenvalue weighted by molar-refractivity contribution is -0.142. The number of aromatic nitrogens is 5.